The first-order valence-electron chi connectivity index (χ1n) is 9.91. The SMILES string of the molecule is O=C(NC1CCC2CNCCC2C1)c1cccc(OCc2cccnc2)c1. The Hall–Kier alpha value is -2.40. The molecule has 1 saturated heterocycles. The van der Waals surface area contributed by atoms with Crippen LogP contribution in [0.25, 0.3) is 0 Å². The Balaban J connectivity index is 1.33. The lowest BCUT2D eigenvalue weighted by Gasteiger charge is -2.39. The number of carbonyl (C=O) groups excluding carboxylic acids is 1. The van der Waals surface area contributed by atoms with Crippen LogP contribution in [0.2, 0.25) is 0 Å². The third-order valence-electron chi connectivity index (χ3n) is 5.80. The van der Waals surface area contributed by atoms with E-state index in [1.807, 2.05) is 36.4 Å². The van der Waals surface area contributed by atoms with E-state index in [0.717, 1.165) is 43.3 Å². The Labute approximate surface area is 160 Å². The van der Waals surface area contributed by atoms with E-state index in [9.17, 15) is 4.79 Å². The van der Waals surface area contributed by atoms with Gasteiger partial charge < -0.3 is 15.4 Å². The summed E-state index contributed by atoms with van der Waals surface area (Å²) in [4.78, 5) is 16.8. The van der Waals surface area contributed by atoms with Gasteiger partial charge in [-0.15, -0.1) is 0 Å². The molecule has 2 aliphatic rings. The van der Waals surface area contributed by atoms with Gasteiger partial charge in [0.2, 0.25) is 0 Å². The van der Waals surface area contributed by atoms with Gasteiger partial charge in [0.15, 0.2) is 0 Å². The quantitative estimate of drug-likeness (QED) is 0.854. The van der Waals surface area contributed by atoms with Crippen LogP contribution in [0, 0.1) is 11.8 Å². The lowest BCUT2D eigenvalue weighted by Crippen LogP contribution is -2.46. The molecule has 1 saturated carbocycles. The molecular formula is C22H27N3O2. The van der Waals surface area contributed by atoms with E-state index in [1.54, 1.807) is 12.4 Å². The maximum atomic E-state index is 12.7. The molecule has 3 atom stereocenters. The molecule has 2 fully saturated rings. The van der Waals surface area contributed by atoms with E-state index in [4.69, 9.17) is 4.74 Å². The standard InChI is InChI=1S/C22H27N3O2/c26-22(25-20-7-6-19-14-24-10-8-17(19)11-20)18-4-1-5-21(12-18)27-15-16-3-2-9-23-13-16/h1-5,9,12-13,17,19-20,24H,6-8,10-11,14-15H2,(H,25,26). The van der Waals surface area contributed by atoms with Gasteiger partial charge in [-0.25, -0.2) is 0 Å². The fourth-order valence-corrected chi connectivity index (χ4v) is 4.30. The number of amides is 1. The molecule has 142 valence electrons. The van der Waals surface area contributed by atoms with Crippen molar-refractivity contribution in [2.75, 3.05) is 13.1 Å². The molecule has 5 nitrogen and oxygen atoms in total. The molecule has 2 N–H and O–H groups in total. The number of pyridine rings is 1. The molecule has 1 aromatic carbocycles. The molecule has 4 rings (SSSR count). The summed E-state index contributed by atoms with van der Waals surface area (Å²) >= 11 is 0. The highest BCUT2D eigenvalue weighted by Crippen LogP contribution is 2.34. The van der Waals surface area contributed by atoms with Crippen molar-refractivity contribution in [2.24, 2.45) is 11.8 Å². The largest absolute Gasteiger partial charge is 0.489 e. The summed E-state index contributed by atoms with van der Waals surface area (Å²) in [7, 11) is 0. The molecule has 0 bridgehead atoms. The fraction of sp³-hybridized carbons (Fsp3) is 0.455. The van der Waals surface area contributed by atoms with Crippen LogP contribution in [-0.2, 0) is 6.61 Å². The summed E-state index contributed by atoms with van der Waals surface area (Å²) in [6.07, 6.45) is 8.14. The van der Waals surface area contributed by atoms with Crippen molar-refractivity contribution in [3.8, 4) is 5.75 Å². The molecule has 1 aliphatic heterocycles. The Bertz CT molecular complexity index is 765. The highest BCUT2D eigenvalue weighted by atomic mass is 16.5. The van der Waals surface area contributed by atoms with Crippen molar-refractivity contribution in [1.82, 2.24) is 15.6 Å². The van der Waals surface area contributed by atoms with Gasteiger partial charge in [0.25, 0.3) is 5.91 Å². The van der Waals surface area contributed by atoms with E-state index in [-0.39, 0.29) is 11.9 Å². The normalized spacial score (nSPS) is 24.7. The van der Waals surface area contributed by atoms with Gasteiger partial charge in [0.1, 0.15) is 12.4 Å². The lowest BCUT2D eigenvalue weighted by molar-refractivity contribution is 0.0888. The van der Waals surface area contributed by atoms with E-state index in [1.165, 1.54) is 12.8 Å². The van der Waals surface area contributed by atoms with Crippen molar-refractivity contribution in [1.29, 1.82) is 0 Å². The van der Waals surface area contributed by atoms with Gasteiger partial charge in [-0.3, -0.25) is 9.78 Å². The van der Waals surface area contributed by atoms with Crippen LogP contribution >= 0.6 is 0 Å². The number of nitrogens with one attached hydrogen (secondary N) is 2. The minimum Gasteiger partial charge on any atom is -0.489 e. The summed E-state index contributed by atoms with van der Waals surface area (Å²) < 4.78 is 5.82. The Kier molecular flexibility index (Phi) is 5.68. The number of aromatic nitrogens is 1. The molecule has 0 radical (unpaired) electrons. The molecule has 0 spiro atoms. The predicted molar refractivity (Wildman–Crippen MR) is 105 cm³/mol. The van der Waals surface area contributed by atoms with E-state index < -0.39 is 0 Å². The zero-order valence-electron chi connectivity index (χ0n) is 15.6. The molecule has 3 unspecified atom stereocenters. The first kappa shape index (κ1) is 18.0. The second-order valence-corrected chi connectivity index (χ2v) is 7.67. The summed E-state index contributed by atoms with van der Waals surface area (Å²) in [5, 5.41) is 6.73. The fourth-order valence-electron chi connectivity index (χ4n) is 4.30. The number of benzene rings is 1. The minimum atomic E-state index is -0.000729. The molecule has 2 heterocycles. The zero-order chi connectivity index (χ0) is 18.5. The highest BCUT2D eigenvalue weighted by molar-refractivity contribution is 5.94. The van der Waals surface area contributed by atoms with Crippen molar-refractivity contribution < 1.29 is 9.53 Å². The molecule has 1 aliphatic carbocycles. The molecule has 1 aromatic heterocycles. The van der Waals surface area contributed by atoms with E-state index in [0.29, 0.717) is 17.9 Å². The summed E-state index contributed by atoms with van der Waals surface area (Å²) in [5.74, 6) is 2.24. The van der Waals surface area contributed by atoms with Crippen molar-refractivity contribution >= 4 is 5.91 Å². The maximum Gasteiger partial charge on any atom is 0.251 e. The third-order valence-corrected chi connectivity index (χ3v) is 5.80. The molecule has 27 heavy (non-hydrogen) atoms. The average Bonchev–Trinajstić information content (AvgIpc) is 2.73. The topological polar surface area (TPSA) is 63.2 Å². The molecule has 2 aromatic rings. The maximum absolute atomic E-state index is 12.7. The number of hydrogen-bond acceptors (Lipinski definition) is 4. The van der Waals surface area contributed by atoms with E-state index in [2.05, 4.69) is 15.6 Å². The summed E-state index contributed by atoms with van der Waals surface area (Å²) in [5.41, 5.74) is 1.66. The predicted octanol–water partition coefficient (Wildman–Crippen LogP) is 3.17. The third kappa shape index (κ3) is 4.66. The van der Waals surface area contributed by atoms with Crippen molar-refractivity contribution in [3.63, 3.8) is 0 Å². The molecule has 5 heteroatoms. The zero-order valence-corrected chi connectivity index (χ0v) is 15.6. The van der Waals surface area contributed by atoms with Gasteiger partial charge >= 0.3 is 0 Å². The first-order chi connectivity index (χ1) is 13.3. The number of carbonyl (C=O) groups is 1. The number of fused-ring (bicyclic) bond motifs is 1. The van der Waals surface area contributed by atoms with Crippen LogP contribution in [0.15, 0.2) is 48.8 Å². The average molecular weight is 365 g/mol. The van der Waals surface area contributed by atoms with Gasteiger partial charge in [-0.2, -0.15) is 0 Å². The van der Waals surface area contributed by atoms with Crippen LogP contribution in [0.3, 0.4) is 0 Å². The van der Waals surface area contributed by atoms with Crippen molar-refractivity contribution in [3.05, 3.63) is 59.9 Å². The Morgan fingerprint density at radius 3 is 3.04 bits per heavy atom. The monoisotopic (exact) mass is 365 g/mol. The minimum absolute atomic E-state index is 0.000729. The first-order valence-corrected chi connectivity index (χ1v) is 9.91. The second-order valence-electron chi connectivity index (χ2n) is 7.67. The number of nitrogens with zero attached hydrogens (tertiary/aromatic N) is 1. The van der Waals surface area contributed by atoms with Crippen LogP contribution in [0.5, 0.6) is 5.75 Å². The number of piperidine rings is 1. The van der Waals surface area contributed by atoms with Gasteiger partial charge in [0.05, 0.1) is 0 Å². The number of rotatable bonds is 5. The highest BCUT2D eigenvalue weighted by Gasteiger charge is 2.32. The van der Waals surface area contributed by atoms with Crippen molar-refractivity contribution in [2.45, 2.75) is 38.3 Å². The molecular weight excluding hydrogens is 338 g/mol. The van der Waals surface area contributed by atoms with Crippen LogP contribution in [-0.4, -0.2) is 30.0 Å². The Morgan fingerprint density at radius 2 is 2.15 bits per heavy atom. The van der Waals surface area contributed by atoms with Crippen LogP contribution in [0.1, 0.15) is 41.6 Å². The number of hydrogen-bond donors (Lipinski definition) is 2. The van der Waals surface area contributed by atoms with Crippen LogP contribution in [0.4, 0.5) is 0 Å². The Morgan fingerprint density at radius 1 is 1.19 bits per heavy atom. The van der Waals surface area contributed by atoms with Gasteiger partial charge in [-0.05, 0) is 74.9 Å². The van der Waals surface area contributed by atoms with Crippen LogP contribution < -0.4 is 15.4 Å². The van der Waals surface area contributed by atoms with Gasteiger partial charge in [0, 0.05) is 29.6 Å². The van der Waals surface area contributed by atoms with Gasteiger partial charge in [-0.1, -0.05) is 12.1 Å². The second kappa shape index (κ2) is 8.53. The molecule has 1 amide bonds. The summed E-state index contributed by atoms with van der Waals surface area (Å²) in [6.45, 7) is 2.69. The number of ether oxygens (including phenoxy) is 1. The summed E-state index contributed by atoms with van der Waals surface area (Å²) in [6, 6.07) is 11.6. The lowest BCUT2D eigenvalue weighted by atomic mass is 9.73. The van der Waals surface area contributed by atoms with E-state index >= 15 is 0 Å². The smallest absolute Gasteiger partial charge is 0.251 e.